The zero-order chi connectivity index (χ0) is 38.7. The van der Waals surface area contributed by atoms with Gasteiger partial charge in [0.2, 0.25) is 0 Å². The minimum absolute atomic E-state index is 0.214. The number of carbonyl (C=O) groups excluding carboxylic acids is 2. The summed E-state index contributed by atoms with van der Waals surface area (Å²) in [6.07, 6.45) is 42.7. The van der Waals surface area contributed by atoms with Crippen molar-refractivity contribution in [1.82, 2.24) is 0 Å². The van der Waals surface area contributed by atoms with Crippen LogP contribution in [0.15, 0.2) is 36.4 Å². The number of benzene rings is 1. The lowest BCUT2D eigenvalue weighted by Crippen LogP contribution is -2.25. The molecule has 4 nitrogen and oxygen atoms in total. The van der Waals surface area contributed by atoms with Crippen molar-refractivity contribution in [1.29, 1.82) is 0 Å². The first-order valence-electron chi connectivity index (χ1n) is 23.0. The molecule has 0 N–H and O–H groups in total. The quantitative estimate of drug-likeness (QED) is 0.0496. The van der Waals surface area contributed by atoms with Gasteiger partial charge in [-0.2, -0.15) is 0 Å². The molecule has 5 heteroatoms. The van der Waals surface area contributed by atoms with Gasteiger partial charge in [-0.3, -0.25) is 9.59 Å². The third-order valence-electron chi connectivity index (χ3n) is 10.2. The Morgan fingerprint density at radius 1 is 0.358 bits per heavy atom. The van der Waals surface area contributed by atoms with Gasteiger partial charge in [0.1, 0.15) is 10.5 Å². The number of unbranched alkanes of at least 4 members (excludes halogenated alkanes) is 30. The molecule has 0 heterocycles. The highest BCUT2D eigenvalue weighted by molar-refractivity contribution is 8.01. The van der Waals surface area contributed by atoms with Crippen LogP contribution in [0, 0.1) is 0 Å². The van der Waals surface area contributed by atoms with Crippen molar-refractivity contribution in [3.8, 4) is 0 Å². The summed E-state index contributed by atoms with van der Waals surface area (Å²) in [6.45, 7) is 9.20. The number of hydrogen-bond donors (Lipinski definition) is 0. The molecular formula is C48H88O4S. The van der Waals surface area contributed by atoms with Crippen molar-refractivity contribution in [3.63, 3.8) is 0 Å². The van der Waals surface area contributed by atoms with Crippen LogP contribution in [0.25, 0.3) is 0 Å². The monoisotopic (exact) mass is 761 g/mol. The van der Waals surface area contributed by atoms with Crippen LogP contribution in [-0.4, -0.2) is 35.7 Å². The van der Waals surface area contributed by atoms with E-state index in [0.29, 0.717) is 13.2 Å². The molecule has 0 aliphatic carbocycles. The molecule has 1 aromatic rings. The Morgan fingerprint density at radius 2 is 0.547 bits per heavy atom. The van der Waals surface area contributed by atoms with E-state index < -0.39 is 0 Å². The van der Waals surface area contributed by atoms with Crippen molar-refractivity contribution >= 4 is 23.7 Å². The molecule has 0 saturated heterocycles. The van der Waals surface area contributed by atoms with Crippen molar-refractivity contribution < 1.29 is 19.1 Å². The molecule has 53 heavy (non-hydrogen) atoms. The molecule has 0 saturated carbocycles. The van der Waals surface area contributed by atoms with Crippen LogP contribution < -0.4 is 0 Å². The first-order valence-corrected chi connectivity index (χ1v) is 24.0. The molecular weight excluding hydrogens is 673 g/mol. The second-order valence-electron chi connectivity index (χ2n) is 15.5. The SMILES string of the molecule is CCCCCCCCCCCCCCCCCCOC(=O)C(C)SC(C)C(=O)OCCCCCCCCCCCCCCCCCC.c1ccccc1. The number of thioether (sulfide) groups is 1. The average molecular weight is 761 g/mol. The normalized spacial score (nSPS) is 12.2. The second kappa shape index (κ2) is 43.2. The van der Waals surface area contributed by atoms with E-state index in [-0.39, 0.29) is 22.4 Å². The summed E-state index contributed by atoms with van der Waals surface area (Å²) in [4.78, 5) is 24.8. The lowest BCUT2D eigenvalue weighted by Gasteiger charge is -2.16. The van der Waals surface area contributed by atoms with E-state index in [1.807, 2.05) is 50.2 Å². The summed E-state index contributed by atoms with van der Waals surface area (Å²) >= 11 is 1.35. The van der Waals surface area contributed by atoms with Crippen molar-refractivity contribution in [2.75, 3.05) is 13.2 Å². The number of hydrogen-bond acceptors (Lipinski definition) is 5. The van der Waals surface area contributed by atoms with E-state index in [2.05, 4.69) is 13.8 Å². The summed E-state index contributed by atoms with van der Waals surface area (Å²) in [5.41, 5.74) is 0. The highest BCUT2D eigenvalue weighted by Crippen LogP contribution is 2.21. The minimum Gasteiger partial charge on any atom is -0.465 e. The summed E-state index contributed by atoms with van der Waals surface area (Å²) < 4.78 is 11.0. The maximum absolute atomic E-state index is 12.4. The number of carbonyl (C=O) groups is 2. The maximum atomic E-state index is 12.4. The zero-order valence-corrected chi connectivity index (χ0v) is 36.5. The van der Waals surface area contributed by atoms with Crippen LogP contribution in [0.1, 0.15) is 233 Å². The Labute approximate surface area is 334 Å². The maximum Gasteiger partial charge on any atom is 0.318 e. The fraction of sp³-hybridized carbons (Fsp3) is 0.833. The topological polar surface area (TPSA) is 52.6 Å². The van der Waals surface area contributed by atoms with Crippen LogP contribution in [0.4, 0.5) is 0 Å². The molecule has 2 unspecified atom stereocenters. The van der Waals surface area contributed by atoms with Gasteiger partial charge in [-0.1, -0.05) is 243 Å². The molecule has 0 spiro atoms. The standard InChI is InChI=1S/C42H82O4S.C6H6/c1-5-7-9-11-13-15-17-19-21-23-25-27-29-31-33-35-37-45-41(43)39(3)47-40(4)42(44)46-38-36-34-32-30-28-26-24-22-20-18-16-14-12-10-8-6-2;1-2-4-6-5-3-1/h39-40H,5-38H2,1-4H3;1-6H. The molecule has 2 atom stereocenters. The number of esters is 2. The predicted octanol–water partition coefficient (Wildman–Crippen LogP) is 15.8. The molecule has 1 aromatic carbocycles. The van der Waals surface area contributed by atoms with Gasteiger partial charge < -0.3 is 9.47 Å². The van der Waals surface area contributed by atoms with Crippen LogP contribution in [0.5, 0.6) is 0 Å². The zero-order valence-electron chi connectivity index (χ0n) is 35.7. The molecule has 0 radical (unpaired) electrons. The predicted molar refractivity (Wildman–Crippen MR) is 234 cm³/mol. The van der Waals surface area contributed by atoms with Crippen LogP contribution in [0.2, 0.25) is 0 Å². The number of ether oxygens (including phenoxy) is 2. The first-order chi connectivity index (χ1) is 26.0. The third-order valence-corrected chi connectivity index (χ3v) is 11.4. The smallest absolute Gasteiger partial charge is 0.318 e. The lowest BCUT2D eigenvalue weighted by atomic mass is 10.0. The van der Waals surface area contributed by atoms with Gasteiger partial charge in [-0.05, 0) is 26.7 Å². The van der Waals surface area contributed by atoms with Crippen LogP contribution in [0.3, 0.4) is 0 Å². The van der Waals surface area contributed by atoms with Crippen LogP contribution >= 0.6 is 11.8 Å². The van der Waals surface area contributed by atoms with Gasteiger partial charge in [0.25, 0.3) is 0 Å². The van der Waals surface area contributed by atoms with Crippen LogP contribution in [-0.2, 0) is 19.1 Å². The second-order valence-corrected chi connectivity index (χ2v) is 17.2. The van der Waals surface area contributed by atoms with Crippen molar-refractivity contribution in [3.05, 3.63) is 36.4 Å². The first kappa shape index (κ1) is 51.5. The van der Waals surface area contributed by atoms with Gasteiger partial charge in [0.05, 0.1) is 13.2 Å². The highest BCUT2D eigenvalue weighted by Gasteiger charge is 2.23. The van der Waals surface area contributed by atoms with Gasteiger partial charge in [-0.15, -0.1) is 11.8 Å². The molecule has 0 fully saturated rings. The minimum atomic E-state index is -0.353. The van der Waals surface area contributed by atoms with Crippen molar-refractivity contribution in [2.24, 2.45) is 0 Å². The molecule has 0 aliphatic rings. The fourth-order valence-corrected chi connectivity index (χ4v) is 7.65. The number of rotatable bonds is 38. The Kier molecular flexibility index (Phi) is 42.0. The Balaban J connectivity index is 0.00000405. The molecule has 1 rings (SSSR count). The Bertz CT molecular complexity index is 782. The molecule has 0 aliphatic heterocycles. The Hall–Kier alpha value is -1.49. The average Bonchev–Trinajstić information content (AvgIpc) is 3.17. The van der Waals surface area contributed by atoms with Gasteiger partial charge >= 0.3 is 11.9 Å². The third kappa shape index (κ3) is 40.0. The van der Waals surface area contributed by atoms with Gasteiger partial charge in [0.15, 0.2) is 0 Å². The summed E-state index contributed by atoms with van der Waals surface area (Å²) in [5.74, 6) is -0.429. The molecule has 0 amide bonds. The van der Waals surface area contributed by atoms with E-state index in [1.54, 1.807) is 0 Å². The molecule has 0 bridgehead atoms. The summed E-state index contributed by atoms with van der Waals surface area (Å²) in [6, 6.07) is 12.0. The van der Waals surface area contributed by atoms with Gasteiger partial charge in [-0.25, -0.2) is 0 Å². The molecule has 310 valence electrons. The van der Waals surface area contributed by atoms with E-state index in [4.69, 9.17) is 9.47 Å². The Morgan fingerprint density at radius 3 is 0.755 bits per heavy atom. The van der Waals surface area contributed by atoms with Gasteiger partial charge in [0, 0.05) is 0 Å². The summed E-state index contributed by atoms with van der Waals surface area (Å²) in [7, 11) is 0. The van der Waals surface area contributed by atoms with E-state index >= 15 is 0 Å². The largest absolute Gasteiger partial charge is 0.465 e. The lowest BCUT2D eigenvalue weighted by molar-refractivity contribution is -0.142. The van der Waals surface area contributed by atoms with E-state index in [0.717, 1.165) is 25.7 Å². The summed E-state index contributed by atoms with van der Waals surface area (Å²) in [5, 5.41) is -0.705. The van der Waals surface area contributed by atoms with E-state index in [1.165, 1.54) is 192 Å². The van der Waals surface area contributed by atoms with Crippen molar-refractivity contribution in [2.45, 2.75) is 244 Å². The van der Waals surface area contributed by atoms with E-state index in [9.17, 15) is 9.59 Å². The fourth-order valence-electron chi connectivity index (χ4n) is 6.68. The highest BCUT2D eigenvalue weighted by atomic mass is 32.2. The molecule has 0 aromatic heterocycles.